The number of sulfonamides is 1. The average Bonchev–Trinajstić information content (AvgIpc) is 4.22. The molecule has 3 unspecified atom stereocenters. The van der Waals surface area contributed by atoms with Gasteiger partial charge < -0.3 is 28.7 Å². The molecule has 7 aliphatic rings. The summed E-state index contributed by atoms with van der Waals surface area (Å²) < 4.78 is 54.2. The van der Waals surface area contributed by atoms with E-state index in [1.807, 2.05) is 39.0 Å². The van der Waals surface area contributed by atoms with Crippen molar-refractivity contribution >= 4 is 44.5 Å². The summed E-state index contributed by atoms with van der Waals surface area (Å²) in [7, 11) is -3.97. The first-order chi connectivity index (χ1) is 30.9. The zero-order valence-corrected chi connectivity index (χ0v) is 39.7. The predicted molar refractivity (Wildman–Crippen MR) is 243 cm³/mol. The third kappa shape index (κ3) is 9.19. The Morgan fingerprint density at radius 3 is 2.43 bits per heavy atom. The number of carbonyl (C=O) groups is 4. The van der Waals surface area contributed by atoms with Crippen molar-refractivity contribution in [2.24, 2.45) is 40.4 Å². The Morgan fingerprint density at radius 2 is 1.75 bits per heavy atom. The van der Waals surface area contributed by atoms with E-state index >= 15 is 4.79 Å². The Kier molecular flexibility index (Phi) is 12.4. The number of pyridine rings is 1. The lowest BCUT2D eigenvalue weighted by Crippen LogP contribution is -2.57. The Bertz CT molecular complexity index is 2310. The van der Waals surface area contributed by atoms with Crippen LogP contribution in [0.4, 0.5) is 0 Å². The molecule has 1 N–H and O–H groups in total. The van der Waals surface area contributed by atoms with Gasteiger partial charge in [0.15, 0.2) is 5.78 Å². The number of benzene rings is 1. The lowest BCUT2D eigenvalue weighted by Gasteiger charge is -2.46. The van der Waals surface area contributed by atoms with Crippen molar-refractivity contribution in [3.05, 3.63) is 42.5 Å². The fourth-order valence-corrected chi connectivity index (χ4v) is 12.5. The number of ether oxygens (including phenoxy) is 4. The summed E-state index contributed by atoms with van der Waals surface area (Å²) in [6.45, 7) is 17.5. The summed E-state index contributed by atoms with van der Waals surface area (Å²) in [5.41, 5.74) is -0.414. The van der Waals surface area contributed by atoms with Gasteiger partial charge in [0.05, 0.1) is 59.4 Å². The second kappa shape index (κ2) is 17.5. The number of fused-ring (bicyclic) bond motifs is 7. The molecule has 9 rings (SSSR count). The van der Waals surface area contributed by atoms with Crippen LogP contribution in [0, 0.1) is 40.4 Å². The van der Waals surface area contributed by atoms with E-state index in [-0.39, 0.29) is 73.9 Å². The molecule has 5 heterocycles. The minimum Gasteiger partial charge on any atom is -0.488 e. The summed E-state index contributed by atoms with van der Waals surface area (Å²) >= 11 is 0. The molecule has 2 aromatic rings. The Hall–Kier alpha value is -4.08. The normalized spacial score (nSPS) is 33.9. The SMILES string of the molecule is C=C[C@@H]1CC1(CC(=O)[C@@H]1C[C@@H]2CN1C(=O)[C@H](C(C)(C)C)CC(=O)O[C@@H]1C[C@H]1CCCCCc1c(nc3ccccc3c1OC1C3COCC1CN(CC)C3)O2)C(=O)NS(=O)(=O)C1(C)CC1. The van der Waals surface area contributed by atoms with Gasteiger partial charge in [0.2, 0.25) is 27.7 Å². The zero-order chi connectivity index (χ0) is 46.1. The van der Waals surface area contributed by atoms with Crippen molar-refractivity contribution in [2.45, 2.75) is 141 Å². The van der Waals surface area contributed by atoms with Crippen LogP contribution in [0.2, 0.25) is 0 Å². The Balaban J connectivity index is 1.07. The molecule has 0 radical (unpaired) electrons. The molecule has 2 amide bonds. The van der Waals surface area contributed by atoms with Crippen molar-refractivity contribution in [2.75, 3.05) is 39.4 Å². The Labute approximate surface area is 383 Å². The molecule has 9 atom stereocenters. The van der Waals surface area contributed by atoms with Crippen molar-refractivity contribution in [3.63, 3.8) is 0 Å². The van der Waals surface area contributed by atoms with Crippen LogP contribution in [-0.4, -0.2) is 115 Å². The lowest BCUT2D eigenvalue weighted by atomic mass is 9.77. The number of esters is 1. The van der Waals surface area contributed by atoms with Crippen LogP contribution in [0.1, 0.15) is 111 Å². The average molecular weight is 917 g/mol. The van der Waals surface area contributed by atoms with Crippen LogP contribution in [0.5, 0.6) is 11.6 Å². The number of likely N-dealkylation sites (tertiary alicyclic amines) is 1. The first-order valence-corrected chi connectivity index (χ1v) is 25.7. The monoisotopic (exact) mass is 916 g/mol. The standard InChI is InChI=1S/C50H68N4O10S/c1-7-33-23-50(33,47(58)52-65(59,60)49(6)18-19-49)24-40(55)39-21-34-27-54(39)46(57)37(48(3,4)5)22-42(56)63-41-20-30(41)14-10-9-11-16-36-44(35-15-12-13-17-38(35)51-45(36)62-34)64-43-31-25-53(8-2)26-32(43)29-61-28-31/h7,12-13,15,17,30-34,37,39,41,43H,1,8-11,14,16,18-29H2,2-6H3,(H,52,58)/t30-,31?,32?,33-,34-,37-,39+,41-,43?,50?/m1/s1. The maximum atomic E-state index is 15.1. The molecule has 65 heavy (non-hydrogen) atoms. The molecule has 14 nitrogen and oxygen atoms in total. The van der Waals surface area contributed by atoms with Gasteiger partial charge >= 0.3 is 5.97 Å². The second-order valence-electron chi connectivity index (χ2n) is 21.7. The van der Waals surface area contributed by atoms with Gasteiger partial charge in [-0.3, -0.25) is 23.9 Å². The zero-order valence-electron chi connectivity index (χ0n) is 38.9. The van der Waals surface area contributed by atoms with E-state index in [9.17, 15) is 22.8 Å². The molecule has 6 fully saturated rings. The summed E-state index contributed by atoms with van der Waals surface area (Å²) in [4.78, 5) is 66.6. The quantitative estimate of drug-likeness (QED) is 0.213. The number of nitrogens with one attached hydrogen (secondary N) is 1. The molecule has 15 heteroatoms. The maximum absolute atomic E-state index is 15.1. The highest BCUT2D eigenvalue weighted by Gasteiger charge is 2.63. The van der Waals surface area contributed by atoms with Crippen LogP contribution in [0.25, 0.3) is 10.9 Å². The number of piperidine rings is 1. The smallest absolute Gasteiger partial charge is 0.306 e. The molecule has 354 valence electrons. The van der Waals surface area contributed by atoms with E-state index in [1.54, 1.807) is 17.9 Å². The van der Waals surface area contributed by atoms with Crippen LogP contribution >= 0.6 is 0 Å². The van der Waals surface area contributed by atoms with E-state index in [4.69, 9.17) is 23.9 Å². The minimum atomic E-state index is -3.97. The van der Waals surface area contributed by atoms with Gasteiger partial charge in [0.1, 0.15) is 24.1 Å². The van der Waals surface area contributed by atoms with Crippen molar-refractivity contribution in [1.82, 2.24) is 19.5 Å². The molecule has 0 spiro atoms. The predicted octanol–water partition coefficient (Wildman–Crippen LogP) is 6.18. The van der Waals surface area contributed by atoms with E-state index in [2.05, 4.69) is 29.2 Å². The van der Waals surface area contributed by atoms with Crippen LogP contribution in [0.3, 0.4) is 0 Å². The maximum Gasteiger partial charge on any atom is 0.306 e. The number of ketones is 1. The van der Waals surface area contributed by atoms with Crippen molar-refractivity contribution in [1.29, 1.82) is 0 Å². The van der Waals surface area contributed by atoms with Gasteiger partial charge in [-0.1, -0.05) is 58.7 Å². The molecule has 3 saturated heterocycles. The summed E-state index contributed by atoms with van der Waals surface area (Å²) in [5, 5.41) is 0.906. The van der Waals surface area contributed by atoms with E-state index in [0.717, 1.165) is 68.4 Å². The molecule has 4 aliphatic heterocycles. The molecular weight excluding hydrogens is 849 g/mol. The number of hydrogen-bond acceptors (Lipinski definition) is 12. The third-order valence-electron chi connectivity index (χ3n) is 15.9. The number of carbonyl (C=O) groups excluding carboxylic acids is 4. The number of nitrogens with zero attached hydrogens (tertiary/aromatic N) is 3. The van der Waals surface area contributed by atoms with Crippen LogP contribution in [-0.2, 0) is 45.1 Å². The molecule has 3 saturated carbocycles. The van der Waals surface area contributed by atoms with E-state index in [1.165, 1.54) is 0 Å². The van der Waals surface area contributed by atoms with Crippen LogP contribution < -0.4 is 14.2 Å². The summed E-state index contributed by atoms with van der Waals surface area (Å²) in [5.74, 6) is -1.27. The van der Waals surface area contributed by atoms with E-state index in [0.29, 0.717) is 43.9 Å². The minimum absolute atomic E-state index is 0.0412. The van der Waals surface area contributed by atoms with Gasteiger partial charge in [0.25, 0.3) is 0 Å². The third-order valence-corrected chi connectivity index (χ3v) is 18.1. The van der Waals surface area contributed by atoms with Gasteiger partial charge in [-0.15, -0.1) is 6.58 Å². The Morgan fingerprint density at radius 1 is 1.02 bits per heavy atom. The van der Waals surface area contributed by atoms with Crippen molar-refractivity contribution < 1.29 is 46.5 Å². The van der Waals surface area contributed by atoms with E-state index < -0.39 is 61.5 Å². The fourth-order valence-electron chi connectivity index (χ4n) is 11.1. The van der Waals surface area contributed by atoms with Crippen LogP contribution in [0.15, 0.2) is 36.9 Å². The van der Waals surface area contributed by atoms with Gasteiger partial charge in [-0.25, -0.2) is 13.4 Å². The lowest BCUT2D eigenvalue weighted by molar-refractivity contribution is -0.154. The second-order valence-corrected chi connectivity index (χ2v) is 23.9. The number of hydrogen-bond donors (Lipinski definition) is 1. The number of para-hydroxylation sites is 1. The largest absolute Gasteiger partial charge is 0.488 e. The summed E-state index contributed by atoms with van der Waals surface area (Å²) in [6, 6.07) is 6.94. The number of amides is 2. The number of allylic oxidation sites excluding steroid dienone is 1. The number of Topliss-reactive ketones (excluding diaryl/α,β-unsaturated/α-hetero) is 1. The highest BCUT2D eigenvalue weighted by atomic mass is 32.2. The molecular formula is C50H68N4O10S. The molecule has 1 aromatic heterocycles. The first-order valence-electron chi connectivity index (χ1n) is 24.2. The summed E-state index contributed by atoms with van der Waals surface area (Å²) in [6.07, 6.45) is 6.71. The molecule has 4 bridgehead atoms. The number of rotatable bonds is 10. The first kappa shape index (κ1) is 46.0. The molecule has 1 aromatic carbocycles. The van der Waals surface area contributed by atoms with Gasteiger partial charge in [0, 0.05) is 43.2 Å². The fraction of sp³-hybridized carbons (Fsp3) is 0.700. The van der Waals surface area contributed by atoms with Crippen molar-refractivity contribution in [3.8, 4) is 11.6 Å². The van der Waals surface area contributed by atoms with Gasteiger partial charge in [-0.05, 0) is 87.8 Å². The topological polar surface area (TPSA) is 171 Å². The van der Waals surface area contributed by atoms with Gasteiger partial charge in [-0.2, -0.15) is 0 Å². The highest BCUT2D eigenvalue weighted by molar-refractivity contribution is 7.91. The molecule has 3 aliphatic carbocycles. The number of aromatic nitrogens is 1. The highest BCUT2D eigenvalue weighted by Crippen LogP contribution is 2.57.